The van der Waals surface area contributed by atoms with Crippen molar-refractivity contribution in [3.8, 4) is 0 Å². The molecule has 0 aromatic carbocycles. The lowest BCUT2D eigenvalue weighted by Gasteiger charge is -2.22. The maximum absolute atomic E-state index is 11.6. The molecular formula is C12H23NO4S. The standard InChI is InChI=1S/C12H23NO4S/c1-6-18-8-7-9(10(14)16-5)13-11(15)17-12(2,3)4/h9H,6-8H2,1-5H3,(H,13,15)/t9-/m0/s1. The molecule has 18 heavy (non-hydrogen) atoms. The highest BCUT2D eigenvalue weighted by atomic mass is 32.2. The predicted molar refractivity (Wildman–Crippen MR) is 72.8 cm³/mol. The van der Waals surface area contributed by atoms with Gasteiger partial charge in [0.2, 0.25) is 0 Å². The Kier molecular flexibility index (Phi) is 7.82. The molecule has 106 valence electrons. The fourth-order valence-corrected chi connectivity index (χ4v) is 1.88. The van der Waals surface area contributed by atoms with Gasteiger partial charge in [-0.15, -0.1) is 0 Å². The molecule has 1 amide bonds. The van der Waals surface area contributed by atoms with Crippen molar-refractivity contribution in [1.82, 2.24) is 5.32 Å². The number of alkyl carbamates (subject to hydrolysis) is 1. The maximum Gasteiger partial charge on any atom is 0.408 e. The van der Waals surface area contributed by atoms with Gasteiger partial charge < -0.3 is 14.8 Å². The Morgan fingerprint density at radius 3 is 2.39 bits per heavy atom. The second kappa shape index (κ2) is 8.24. The zero-order valence-electron chi connectivity index (χ0n) is 11.7. The third-order valence-electron chi connectivity index (χ3n) is 1.93. The summed E-state index contributed by atoms with van der Waals surface area (Å²) in [6, 6.07) is -0.649. The largest absolute Gasteiger partial charge is 0.467 e. The van der Waals surface area contributed by atoms with Gasteiger partial charge in [0, 0.05) is 0 Å². The number of amides is 1. The van der Waals surface area contributed by atoms with E-state index in [0.29, 0.717) is 6.42 Å². The van der Waals surface area contributed by atoms with Crippen molar-refractivity contribution < 1.29 is 19.1 Å². The van der Waals surface area contributed by atoms with Crippen molar-refractivity contribution in [3.05, 3.63) is 0 Å². The molecule has 0 radical (unpaired) electrons. The fourth-order valence-electron chi connectivity index (χ4n) is 1.19. The van der Waals surface area contributed by atoms with Crippen LogP contribution in [0.4, 0.5) is 4.79 Å². The summed E-state index contributed by atoms with van der Waals surface area (Å²) in [5.74, 6) is 1.31. The quantitative estimate of drug-likeness (QED) is 0.595. The number of ether oxygens (including phenoxy) is 2. The van der Waals surface area contributed by atoms with Crippen molar-refractivity contribution >= 4 is 23.8 Å². The van der Waals surface area contributed by atoms with E-state index in [9.17, 15) is 9.59 Å². The lowest BCUT2D eigenvalue weighted by Crippen LogP contribution is -2.44. The van der Waals surface area contributed by atoms with Crippen LogP contribution >= 0.6 is 11.8 Å². The van der Waals surface area contributed by atoms with E-state index in [-0.39, 0.29) is 0 Å². The van der Waals surface area contributed by atoms with Gasteiger partial charge in [-0.2, -0.15) is 11.8 Å². The molecule has 0 aliphatic heterocycles. The molecule has 5 nitrogen and oxygen atoms in total. The van der Waals surface area contributed by atoms with Gasteiger partial charge in [-0.3, -0.25) is 0 Å². The van der Waals surface area contributed by atoms with Crippen LogP contribution in [0.15, 0.2) is 0 Å². The van der Waals surface area contributed by atoms with Crippen LogP contribution in [0, 0.1) is 0 Å². The summed E-state index contributed by atoms with van der Waals surface area (Å²) in [4.78, 5) is 23.1. The first-order chi connectivity index (χ1) is 8.30. The monoisotopic (exact) mass is 277 g/mol. The van der Waals surface area contributed by atoms with Crippen LogP contribution in [0.2, 0.25) is 0 Å². The number of thioether (sulfide) groups is 1. The Morgan fingerprint density at radius 2 is 1.94 bits per heavy atom. The summed E-state index contributed by atoms with van der Waals surface area (Å²) in [5.41, 5.74) is -0.580. The number of rotatable bonds is 6. The van der Waals surface area contributed by atoms with E-state index in [1.165, 1.54) is 7.11 Å². The van der Waals surface area contributed by atoms with Gasteiger partial charge in [0.05, 0.1) is 7.11 Å². The summed E-state index contributed by atoms with van der Waals surface area (Å²) in [6.45, 7) is 7.35. The highest BCUT2D eigenvalue weighted by Crippen LogP contribution is 2.09. The van der Waals surface area contributed by atoms with E-state index in [4.69, 9.17) is 4.74 Å². The summed E-state index contributed by atoms with van der Waals surface area (Å²) in [5, 5.41) is 2.53. The second-order valence-corrected chi connectivity index (χ2v) is 6.10. The molecule has 0 fully saturated rings. The fraction of sp³-hybridized carbons (Fsp3) is 0.833. The van der Waals surface area contributed by atoms with E-state index in [1.807, 2.05) is 6.92 Å². The van der Waals surface area contributed by atoms with Crippen LogP contribution in [-0.4, -0.2) is 42.3 Å². The molecule has 0 saturated carbocycles. The summed E-state index contributed by atoms with van der Waals surface area (Å²) >= 11 is 1.70. The molecule has 0 aliphatic carbocycles. The summed E-state index contributed by atoms with van der Waals surface area (Å²) in [7, 11) is 1.30. The van der Waals surface area contributed by atoms with Gasteiger partial charge in [-0.1, -0.05) is 6.92 Å². The zero-order chi connectivity index (χ0) is 14.2. The zero-order valence-corrected chi connectivity index (χ0v) is 12.6. The van der Waals surface area contributed by atoms with Gasteiger partial charge in [0.1, 0.15) is 11.6 Å². The Hall–Kier alpha value is -0.910. The lowest BCUT2D eigenvalue weighted by atomic mass is 10.2. The lowest BCUT2D eigenvalue weighted by molar-refractivity contribution is -0.143. The molecule has 1 N–H and O–H groups in total. The summed E-state index contributed by atoms with van der Waals surface area (Å²) in [6.07, 6.45) is -0.0656. The Labute approximate surface area is 113 Å². The van der Waals surface area contributed by atoms with Crippen LogP contribution in [-0.2, 0) is 14.3 Å². The molecule has 0 unspecified atom stereocenters. The minimum Gasteiger partial charge on any atom is -0.467 e. The van der Waals surface area contributed by atoms with Crippen LogP contribution in [0.25, 0.3) is 0 Å². The molecule has 1 atom stereocenters. The van der Waals surface area contributed by atoms with Crippen molar-refractivity contribution in [1.29, 1.82) is 0 Å². The van der Waals surface area contributed by atoms with E-state index >= 15 is 0 Å². The first-order valence-electron chi connectivity index (χ1n) is 5.95. The van der Waals surface area contributed by atoms with E-state index in [2.05, 4.69) is 10.1 Å². The average molecular weight is 277 g/mol. The Bertz CT molecular complexity index is 276. The normalized spacial score (nSPS) is 12.7. The van der Waals surface area contributed by atoms with Gasteiger partial charge >= 0.3 is 12.1 Å². The molecule has 0 rings (SSSR count). The number of nitrogens with one attached hydrogen (secondary N) is 1. The van der Waals surface area contributed by atoms with E-state index < -0.39 is 23.7 Å². The topological polar surface area (TPSA) is 64.6 Å². The smallest absolute Gasteiger partial charge is 0.408 e. The number of hydrogen-bond donors (Lipinski definition) is 1. The molecule has 0 aromatic rings. The van der Waals surface area contributed by atoms with Gasteiger partial charge in [-0.05, 0) is 38.7 Å². The van der Waals surface area contributed by atoms with E-state index in [1.54, 1.807) is 32.5 Å². The highest BCUT2D eigenvalue weighted by molar-refractivity contribution is 7.99. The van der Waals surface area contributed by atoms with Crippen LogP contribution in [0.3, 0.4) is 0 Å². The molecule has 0 saturated heterocycles. The number of methoxy groups -OCH3 is 1. The third kappa shape index (κ3) is 8.22. The first kappa shape index (κ1) is 17.1. The van der Waals surface area contributed by atoms with Crippen LogP contribution < -0.4 is 5.32 Å². The highest BCUT2D eigenvalue weighted by Gasteiger charge is 2.24. The first-order valence-corrected chi connectivity index (χ1v) is 7.10. The maximum atomic E-state index is 11.6. The number of carbonyl (C=O) groups excluding carboxylic acids is 2. The SMILES string of the molecule is CCSCC[C@H](NC(=O)OC(C)(C)C)C(=O)OC. The van der Waals surface area contributed by atoms with Crippen LogP contribution in [0.1, 0.15) is 34.1 Å². The third-order valence-corrected chi connectivity index (χ3v) is 2.86. The average Bonchev–Trinajstić information content (AvgIpc) is 2.24. The minimum absolute atomic E-state index is 0.447. The molecule has 0 aliphatic rings. The minimum atomic E-state index is -0.649. The van der Waals surface area contributed by atoms with Gasteiger partial charge in [0.15, 0.2) is 0 Å². The van der Waals surface area contributed by atoms with Gasteiger partial charge in [0.25, 0.3) is 0 Å². The predicted octanol–water partition coefficient (Wildman–Crippen LogP) is 2.20. The Balaban J connectivity index is 4.31. The Morgan fingerprint density at radius 1 is 1.33 bits per heavy atom. The number of esters is 1. The van der Waals surface area contributed by atoms with Crippen molar-refractivity contribution in [2.75, 3.05) is 18.6 Å². The van der Waals surface area contributed by atoms with Crippen molar-refractivity contribution in [3.63, 3.8) is 0 Å². The van der Waals surface area contributed by atoms with Crippen molar-refractivity contribution in [2.45, 2.75) is 45.8 Å². The second-order valence-electron chi connectivity index (χ2n) is 4.71. The molecular weight excluding hydrogens is 254 g/mol. The molecule has 0 bridgehead atoms. The van der Waals surface area contributed by atoms with E-state index in [0.717, 1.165) is 11.5 Å². The number of carbonyl (C=O) groups is 2. The van der Waals surface area contributed by atoms with Gasteiger partial charge in [-0.25, -0.2) is 9.59 Å². The molecule has 0 spiro atoms. The molecule has 0 aromatic heterocycles. The summed E-state index contributed by atoms with van der Waals surface area (Å²) < 4.78 is 9.76. The van der Waals surface area contributed by atoms with Crippen LogP contribution in [0.5, 0.6) is 0 Å². The molecule has 0 heterocycles. The van der Waals surface area contributed by atoms with Crippen molar-refractivity contribution in [2.24, 2.45) is 0 Å². The molecule has 6 heteroatoms. The number of hydrogen-bond acceptors (Lipinski definition) is 5.